The number of aromatic nitrogens is 2. The zero-order valence-electron chi connectivity index (χ0n) is 9.00. The van der Waals surface area contributed by atoms with Gasteiger partial charge in [0, 0.05) is 5.02 Å². The van der Waals surface area contributed by atoms with Crippen molar-refractivity contribution >= 4 is 23.3 Å². The van der Waals surface area contributed by atoms with E-state index in [2.05, 4.69) is 20.8 Å². The molecule has 5 nitrogen and oxygen atoms in total. The number of benzene rings is 1. The summed E-state index contributed by atoms with van der Waals surface area (Å²) >= 11 is 5.64. The van der Waals surface area contributed by atoms with Gasteiger partial charge in [0.05, 0.1) is 12.2 Å². The fraction of sp³-hybridized carbons (Fsp3) is 0.200. The minimum atomic E-state index is -0.481. The van der Waals surface area contributed by atoms with E-state index in [9.17, 15) is 4.39 Å². The van der Waals surface area contributed by atoms with Crippen LogP contribution in [0.1, 0.15) is 5.89 Å². The molecule has 0 bridgehead atoms. The van der Waals surface area contributed by atoms with E-state index in [4.69, 9.17) is 16.0 Å². The molecule has 1 aromatic heterocycles. The molecule has 0 amide bonds. The van der Waals surface area contributed by atoms with E-state index in [1.54, 1.807) is 13.1 Å². The lowest BCUT2D eigenvalue weighted by Gasteiger charge is -2.02. The summed E-state index contributed by atoms with van der Waals surface area (Å²) in [4.78, 5) is 0. The molecule has 0 radical (unpaired) electrons. The van der Waals surface area contributed by atoms with Crippen molar-refractivity contribution in [2.45, 2.75) is 6.54 Å². The third kappa shape index (κ3) is 2.92. The summed E-state index contributed by atoms with van der Waals surface area (Å²) in [5, 5.41) is 13.4. The highest BCUT2D eigenvalue weighted by Gasteiger charge is 2.08. The fourth-order valence-electron chi connectivity index (χ4n) is 1.23. The fourth-order valence-corrected chi connectivity index (χ4v) is 1.39. The molecular formula is C10H10ClFN4O. The van der Waals surface area contributed by atoms with Gasteiger partial charge in [-0.1, -0.05) is 16.7 Å². The third-order valence-electron chi connectivity index (χ3n) is 1.97. The molecule has 2 N–H and O–H groups in total. The van der Waals surface area contributed by atoms with E-state index < -0.39 is 5.82 Å². The average molecular weight is 257 g/mol. The third-order valence-corrected chi connectivity index (χ3v) is 2.20. The largest absolute Gasteiger partial charge is 0.406 e. The lowest BCUT2D eigenvalue weighted by Crippen LogP contribution is -2.04. The van der Waals surface area contributed by atoms with Gasteiger partial charge in [-0.3, -0.25) is 0 Å². The maximum atomic E-state index is 13.4. The highest BCUT2D eigenvalue weighted by molar-refractivity contribution is 6.30. The molecule has 90 valence electrons. The monoisotopic (exact) mass is 256 g/mol. The van der Waals surface area contributed by atoms with Crippen LogP contribution in [0.25, 0.3) is 0 Å². The molecule has 17 heavy (non-hydrogen) atoms. The Morgan fingerprint density at radius 2 is 2.24 bits per heavy atom. The van der Waals surface area contributed by atoms with Crippen molar-refractivity contribution in [3.05, 3.63) is 34.9 Å². The molecule has 7 heteroatoms. The highest BCUT2D eigenvalue weighted by atomic mass is 35.5. The van der Waals surface area contributed by atoms with Crippen LogP contribution in [-0.4, -0.2) is 17.2 Å². The number of nitrogens with zero attached hydrogens (tertiary/aromatic N) is 2. The first kappa shape index (κ1) is 11.8. The van der Waals surface area contributed by atoms with Crippen LogP contribution in [0.5, 0.6) is 0 Å². The topological polar surface area (TPSA) is 63.0 Å². The summed E-state index contributed by atoms with van der Waals surface area (Å²) in [5.74, 6) is -0.0600. The van der Waals surface area contributed by atoms with Crippen LogP contribution in [0.2, 0.25) is 5.02 Å². The smallest absolute Gasteiger partial charge is 0.320 e. The van der Waals surface area contributed by atoms with Crippen LogP contribution in [0, 0.1) is 5.82 Å². The molecule has 0 spiro atoms. The SMILES string of the molecule is CNCc1nnc(Nc2ccc(Cl)cc2F)o1. The summed E-state index contributed by atoms with van der Waals surface area (Å²) in [6.07, 6.45) is 0. The van der Waals surface area contributed by atoms with E-state index in [0.717, 1.165) is 0 Å². The average Bonchev–Trinajstić information content (AvgIpc) is 2.71. The van der Waals surface area contributed by atoms with Crippen molar-refractivity contribution in [1.29, 1.82) is 0 Å². The Kier molecular flexibility index (Phi) is 3.55. The summed E-state index contributed by atoms with van der Waals surface area (Å²) < 4.78 is 18.7. The Hall–Kier alpha value is -1.66. The Morgan fingerprint density at radius 3 is 2.94 bits per heavy atom. The molecule has 0 aliphatic rings. The Morgan fingerprint density at radius 1 is 1.41 bits per heavy atom. The first-order valence-electron chi connectivity index (χ1n) is 4.88. The van der Waals surface area contributed by atoms with Gasteiger partial charge in [0.1, 0.15) is 5.82 Å². The number of hydrogen-bond acceptors (Lipinski definition) is 5. The molecule has 1 heterocycles. The minimum Gasteiger partial charge on any atom is -0.406 e. The van der Waals surface area contributed by atoms with Gasteiger partial charge >= 0.3 is 6.01 Å². The van der Waals surface area contributed by atoms with Gasteiger partial charge in [-0.25, -0.2) is 4.39 Å². The van der Waals surface area contributed by atoms with E-state index in [0.29, 0.717) is 17.5 Å². The van der Waals surface area contributed by atoms with Crippen molar-refractivity contribution in [1.82, 2.24) is 15.5 Å². The maximum Gasteiger partial charge on any atom is 0.320 e. The quantitative estimate of drug-likeness (QED) is 0.879. The van der Waals surface area contributed by atoms with Crippen molar-refractivity contribution in [3.8, 4) is 0 Å². The standard InChI is InChI=1S/C10H10ClFN4O/c1-13-5-9-15-16-10(17-9)14-8-3-2-6(11)4-7(8)12/h2-4,13H,5H2,1H3,(H,14,16). The molecule has 0 fully saturated rings. The van der Waals surface area contributed by atoms with Crippen molar-refractivity contribution in [2.75, 3.05) is 12.4 Å². The van der Waals surface area contributed by atoms with Crippen LogP contribution in [0.3, 0.4) is 0 Å². The lowest BCUT2D eigenvalue weighted by molar-refractivity contribution is 0.492. The van der Waals surface area contributed by atoms with Crippen LogP contribution in [0.4, 0.5) is 16.1 Å². The Bertz CT molecular complexity index is 517. The summed E-state index contributed by atoms with van der Waals surface area (Å²) in [5.41, 5.74) is 0.231. The van der Waals surface area contributed by atoms with Gasteiger partial charge in [-0.2, -0.15) is 0 Å². The summed E-state index contributed by atoms with van der Waals surface area (Å²) in [6, 6.07) is 4.41. The predicted molar refractivity (Wildman–Crippen MR) is 61.8 cm³/mol. The van der Waals surface area contributed by atoms with Gasteiger partial charge in [-0.15, -0.1) is 5.10 Å². The molecule has 0 unspecified atom stereocenters. The Balaban J connectivity index is 2.13. The molecule has 2 aromatic rings. The number of nitrogens with one attached hydrogen (secondary N) is 2. The molecule has 0 aliphatic heterocycles. The summed E-state index contributed by atoms with van der Waals surface area (Å²) in [7, 11) is 1.76. The molecule has 0 saturated heterocycles. The highest BCUT2D eigenvalue weighted by Crippen LogP contribution is 2.22. The second kappa shape index (κ2) is 5.11. The van der Waals surface area contributed by atoms with Gasteiger partial charge in [0.15, 0.2) is 0 Å². The van der Waals surface area contributed by atoms with Crippen LogP contribution in [-0.2, 0) is 6.54 Å². The second-order valence-electron chi connectivity index (χ2n) is 3.28. The zero-order valence-corrected chi connectivity index (χ0v) is 9.75. The normalized spacial score (nSPS) is 10.5. The van der Waals surface area contributed by atoms with Gasteiger partial charge in [-0.05, 0) is 25.2 Å². The van der Waals surface area contributed by atoms with Crippen molar-refractivity contribution in [2.24, 2.45) is 0 Å². The molecule has 0 aliphatic carbocycles. The van der Waals surface area contributed by atoms with E-state index >= 15 is 0 Å². The molecule has 1 aromatic carbocycles. The number of rotatable bonds is 4. The minimum absolute atomic E-state index is 0.136. The van der Waals surface area contributed by atoms with Gasteiger partial charge < -0.3 is 15.1 Å². The van der Waals surface area contributed by atoms with Crippen molar-refractivity contribution in [3.63, 3.8) is 0 Å². The van der Waals surface area contributed by atoms with Crippen LogP contribution in [0.15, 0.2) is 22.6 Å². The number of anilines is 2. The van der Waals surface area contributed by atoms with Crippen molar-refractivity contribution < 1.29 is 8.81 Å². The molecule has 0 atom stereocenters. The molecule has 2 rings (SSSR count). The van der Waals surface area contributed by atoms with Gasteiger partial charge in [0.25, 0.3) is 0 Å². The second-order valence-corrected chi connectivity index (χ2v) is 3.72. The Labute approximate surface area is 102 Å². The van der Waals surface area contributed by atoms with Crippen LogP contribution < -0.4 is 10.6 Å². The zero-order chi connectivity index (χ0) is 12.3. The maximum absolute atomic E-state index is 13.4. The number of hydrogen-bond donors (Lipinski definition) is 2. The predicted octanol–water partition coefficient (Wildman–Crippen LogP) is 2.33. The van der Waals surface area contributed by atoms with E-state index in [1.807, 2.05) is 0 Å². The van der Waals surface area contributed by atoms with E-state index in [-0.39, 0.29) is 11.7 Å². The lowest BCUT2D eigenvalue weighted by atomic mass is 10.3. The first-order chi connectivity index (χ1) is 8.19. The number of halogens is 2. The van der Waals surface area contributed by atoms with Crippen LogP contribution >= 0.6 is 11.6 Å². The molecular weight excluding hydrogens is 247 g/mol. The van der Waals surface area contributed by atoms with Gasteiger partial charge in [0.2, 0.25) is 5.89 Å². The summed E-state index contributed by atoms with van der Waals surface area (Å²) in [6.45, 7) is 0.456. The first-order valence-corrected chi connectivity index (χ1v) is 5.26. The van der Waals surface area contributed by atoms with E-state index in [1.165, 1.54) is 12.1 Å². The molecule has 0 saturated carbocycles.